The number of rotatable bonds is 7. The molecule has 162 valence electrons. The quantitative estimate of drug-likeness (QED) is 0.201. The van der Waals surface area contributed by atoms with Gasteiger partial charge in [-0.2, -0.15) is 0 Å². The maximum absolute atomic E-state index is 13.0. The largest absolute Gasteiger partial charge is 0.490 e. The summed E-state index contributed by atoms with van der Waals surface area (Å²) in [6, 6.07) is 22.0. The summed E-state index contributed by atoms with van der Waals surface area (Å²) in [4.78, 5) is 14.9. The van der Waals surface area contributed by atoms with Gasteiger partial charge in [-0.05, 0) is 54.1 Å². The zero-order valence-corrected chi connectivity index (χ0v) is 19.8. The number of anilines is 1. The fourth-order valence-electron chi connectivity index (χ4n) is 3.02. The third-order valence-corrected chi connectivity index (χ3v) is 6.30. The Morgan fingerprint density at radius 3 is 2.38 bits per heavy atom. The van der Waals surface area contributed by atoms with Crippen molar-refractivity contribution in [1.29, 1.82) is 0 Å². The summed E-state index contributed by atoms with van der Waals surface area (Å²) in [5.41, 5.74) is 1.34. The molecule has 1 saturated heterocycles. The SMILES string of the molecule is O=C1/C(=C/c2cccc(OCCOc3ccccc3)c2)SC(=S)N1c1ccc(Cl)cc1Cl. The highest BCUT2D eigenvalue weighted by Gasteiger charge is 2.34. The van der Waals surface area contributed by atoms with Crippen LogP contribution in [0.15, 0.2) is 77.7 Å². The Morgan fingerprint density at radius 1 is 0.906 bits per heavy atom. The van der Waals surface area contributed by atoms with Gasteiger partial charge in [-0.1, -0.05) is 77.5 Å². The number of carbonyl (C=O) groups excluding carboxylic acids is 1. The molecule has 1 aliphatic heterocycles. The molecule has 32 heavy (non-hydrogen) atoms. The molecule has 0 radical (unpaired) electrons. The van der Waals surface area contributed by atoms with E-state index >= 15 is 0 Å². The minimum atomic E-state index is -0.230. The van der Waals surface area contributed by atoms with Crippen LogP contribution in [0.5, 0.6) is 11.5 Å². The lowest BCUT2D eigenvalue weighted by atomic mass is 10.2. The topological polar surface area (TPSA) is 38.8 Å². The Kier molecular flexibility index (Phi) is 7.37. The zero-order valence-electron chi connectivity index (χ0n) is 16.7. The van der Waals surface area contributed by atoms with E-state index in [4.69, 9.17) is 44.9 Å². The number of ether oxygens (including phenoxy) is 2. The number of carbonyl (C=O) groups is 1. The molecule has 4 nitrogen and oxygen atoms in total. The lowest BCUT2D eigenvalue weighted by Gasteiger charge is -2.16. The normalized spacial score (nSPS) is 14.8. The van der Waals surface area contributed by atoms with Crippen molar-refractivity contribution >= 4 is 69.2 Å². The first kappa shape index (κ1) is 22.7. The van der Waals surface area contributed by atoms with Gasteiger partial charge in [0.25, 0.3) is 5.91 Å². The van der Waals surface area contributed by atoms with Crippen LogP contribution in [0, 0.1) is 0 Å². The van der Waals surface area contributed by atoms with E-state index in [1.807, 2.05) is 54.6 Å². The first-order valence-electron chi connectivity index (χ1n) is 9.65. The van der Waals surface area contributed by atoms with Gasteiger partial charge in [0.15, 0.2) is 4.32 Å². The van der Waals surface area contributed by atoms with Crippen LogP contribution in [0.1, 0.15) is 5.56 Å². The lowest BCUT2D eigenvalue weighted by molar-refractivity contribution is -0.113. The van der Waals surface area contributed by atoms with E-state index in [2.05, 4.69) is 0 Å². The van der Waals surface area contributed by atoms with E-state index in [0.717, 1.165) is 11.3 Å². The van der Waals surface area contributed by atoms with Crippen LogP contribution < -0.4 is 14.4 Å². The highest BCUT2D eigenvalue weighted by molar-refractivity contribution is 8.27. The second kappa shape index (κ2) is 10.4. The Bertz CT molecular complexity index is 1180. The fraction of sp³-hybridized carbons (Fsp3) is 0.0833. The molecule has 4 rings (SSSR count). The minimum Gasteiger partial charge on any atom is -0.490 e. The Morgan fingerprint density at radius 2 is 1.62 bits per heavy atom. The molecule has 3 aromatic carbocycles. The maximum Gasteiger partial charge on any atom is 0.270 e. The van der Waals surface area contributed by atoms with Crippen LogP contribution in [0.2, 0.25) is 10.0 Å². The summed E-state index contributed by atoms with van der Waals surface area (Å²) in [5, 5.41) is 0.855. The standard InChI is InChI=1S/C24H17Cl2NO3S2/c25-17-9-10-21(20(26)15-17)27-23(28)22(32-24(27)31)14-16-5-4-8-19(13-16)30-12-11-29-18-6-2-1-3-7-18/h1-10,13-15H,11-12H2/b22-14-. The second-order valence-corrected chi connectivity index (χ2v) is 9.21. The van der Waals surface area contributed by atoms with Crippen molar-refractivity contribution in [1.82, 2.24) is 0 Å². The molecule has 1 aliphatic rings. The highest BCUT2D eigenvalue weighted by Crippen LogP contribution is 2.39. The lowest BCUT2D eigenvalue weighted by Crippen LogP contribution is -2.27. The molecule has 0 spiro atoms. The summed E-state index contributed by atoms with van der Waals surface area (Å²) in [7, 11) is 0. The molecule has 1 amide bonds. The van der Waals surface area contributed by atoms with Crippen molar-refractivity contribution in [2.24, 2.45) is 0 Å². The number of hydrogen-bond acceptors (Lipinski definition) is 5. The number of hydrogen-bond donors (Lipinski definition) is 0. The summed E-state index contributed by atoms with van der Waals surface area (Å²) in [6.45, 7) is 0.824. The van der Waals surface area contributed by atoms with Gasteiger partial charge in [-0.15, -0.1) is 0 Å². The summed E-state index contributed by atoms with van der Waals surface area (Å²) in [5.74, 6) is 1.26. The van der Waals surface area contributed by atoms with E-state index in [1.165, 1.54) is 16.7 Å². The Hall–Kier alpha value is -2.51. The molecule has 1 heterocycles. The van der Waals surface area contributed by atoms with Crippen LogP contribution in [0.25, 0.3) is 6.08 Å². The fourth-order valence-corrected chi connectivity index (χ4v) is 4.80. The predicted molar refractivity (Wildman–Crippen MR) is 136 cm³/mol. The van der Waals surface area contributed by atoms with Gasteiger partial charge >= 0.3 is 0 Å². The molecule has 1 fully saturated rings. The van der Waals surface area contributed by atoms with Crippen molar-refractivity contribution in [2.75, 3.05) is 18.1 Å². The summed E-state index contributed by atoms with van der Waals surface area (Å²) < 4.78 is 11.8. The van der Waals surface area contributed by atoms with E-state index in [-0.39, 0.29) is 5.91 Å². The van der Waals surface area contributed by atoms with Crippen LogP contribution in [0.3, 0.4) is 0 Å². The molecule has 0 saturated carbocycles. The molecule has 0 bridgehead atoms. The van der Waals surface area contributed by atoms with Gasteiger partial charge in [0.2, 0.25) is 0 Å². The maximum atomic E-state index is 13.0. The first-order valence-corrected chi connectivity index (χ1v) is 11.6. The van der Waals surface area contributed by atoms with Crippen LogP contribution in [-0.4, -0.2) is 23.4 Å². The van der Waals surface area contributed by atoms with Crippen molar-refractivity contribution in [3.8, 4) is 11.5 Å². The number of benzene rings is 3. The number of halogens is 2. The number of thiocarbonyl (C=S) groups is 1. The van der Waals surface area contributed by atoms with Gasteiger partial charge < -0.3 is 9.47 Å². The molecular formula is C24H17Cl2NO3S2. The van der Waals surface area contributed by atoms with Gasteiger partial charge in [0.05, 0.1) is 15.6 Å². The third kappa shape index (κ3) is 5.45. The first-order chi connectivity index (χ1) is 15.5. The molecule has 0 atom stereocenters. The highest BCUT2D eigenvalue weighted by atomic mass is 35.5. The van der Waals surface area contributed by atoms with E-state index in [9.17, 15) is 4.79 Å². The van der Waals surface area contributed by atoms with Gasteiger partial charge in [-0.3, -0.25) is 9.69 Å². The van der Waals surface area contributed by atoms with Gasteiger partial charge in [-0.25, -0.2) is 0 Å². The van der Waals surface area contributed by atoms with Gasteiger partial charge in [0.1, 0.15) is 24.7 Å². The molecule has 0 aliphatic carbocycles. The number of amides is 1. The average molecular weight is 502 g/mol. The molecule has 0 N–H and O–H groups in total. The minimum absolute atomic E-state index is 0.230. The monoisotopic (exact) mass is 501 g/mol. The van der Waals surface area contributed by atoms with Crippen molar-refractivity contribution in [2.45, 2.75) is 0 Å². The Balaban J connectivity index is 1.42. The predicted octanol–water partition coefficient (Wildman–Crippen LogP) is 6.86. The average Bonchev–Trinajstić information content (AvgIpc) is 3.05. The van der Waals surface area contributed by atoms with Crippen molar-refractivity contribution in [3.63, 3.8) is 0 Å². The number of para-hydroxylation sites is 1. The van der Waals surface area contributed by atoms with Crippen LogP contribution in [-0.2, 0) is 4.79 Å². The number of thioether (sulfide) groups is 1. The second-order valence-electron chi connectivity index (χ2n) is 6.70. The molecule has 0 aromatic heterocycles. The molecular weight excluding hydrogens is 485 g/mol. The van der Waals surface area contributed by atoms with Crippen molar-refractivity contribution < 1.29 is 14.3 Å². The van der Waals surface area contributed by atoms with Crippen LogP contribution >= 0.6 is 47.2 Å². The number of nitrogens with zero attached hydrogens (tertiary/aromatic N) is 1. The van der Waals surface area contributed by atoms with E-state index in [0.29, 0.717) is 43.9 Å². The summed E-state index contributed by atoms with van der Waals surface area (Å²) >= 11 is 18.9. The van der Waals surface area contributed by atoms with E-state index in [1.54, 1.807) is 24.3 Å². The Labute approximate surface area is 205 Å². The summed E-state index contributed by atoms with van der Waals surface area (Å²) in [6.07, 6.45) is 1.79. The van der Waals surface area contributed by atoms with Crippen LogP contribution in [0.4, 0.5) is 5.69 Å². The van der Waals surface area contributed by atoms with E-state index < -0.39 is 0 Å². The smallest absolute Gasteiger partial charge is 0.270 e. The third-order valence-electron chi connectivity index (χ3n) is 4.46. The van der Waals surface area contributed by atoms with Crippen molar-refractivity contribution in [3.05, 3.63) is 93.3 Å². The molecule has 0 unspecified atom stereocenters. The van der Waals surface area contributed by atoms with Gasteiger partial charge in [0, 0.05) is 5.02 Å². The molecule has 8 heteroatoms. The zero-order chi connectivity index (χ0) is 22.5. The molecule has 3 aromatic rings.